The Morgan fingerprint density at radius 3 is 2.56 bits per heavy atom. The standard InChI is InChI=1S/C17H14N4O3S/c22-16-15(10-12-6-8-14(9-7-12)21(23)24)25-17(19-16)20-18-11-13-4-2-1-3-5-13/h1-9,11,15H,10H2,(H,19,20,22)/b18-11-/t15-/m1/s1. The van der Waals surface area contributed by atoms with E-state index in [0.29, 0.717) is 11.6 Å². The van der Waals surface area contributed by atoms with Crippen LogP contribution in [0.3, 0.4) is 0 Å². The van der Waals surface area contributed by atoms with Crippen LogP contribution in [0.1, 0.15) is 11.1 Å². The van der Waals surface area contributed by atoms with Crippen LogP contribution in [-0.2, 0) is 11.2 Å². The average molecular weight is 354 g/mol. The van der Waals surface area contributed by atoms with Crippen molar-refractivity contribution in [3.05, 3.63) is 75.8 Å². The lowest BCUT2D eigenvalue weighted by Crippen LogP contribution is -2.25. The third-order valence-electron chi connectivity index (χ3n) is 3.50. The van der Waals surface area contributed by atoms with E-state index >= 15 is 0 Å². The summed E-state index contributed by atoms with van der Waals surface area (Å²) in [7, 11) is 0. The van der Waals surface area contributed by atoms with E-state index in [1.54, 1.807) is 18.3 Å². The Balaban J connectivity index is 1.61. The maximum Gasteiger partial charge on any atom is 0.269 e. The number of hydrogen-bond donors (Lipinski definition) is 1. The minimum atomic E-state index is -0.448. The molecule has 1 heterocycles. The monoisotopic (exact) mass is 354 g/mol. The Bertz CT molecular complexity index is 835. The predicted molar refractivity (Wildman–Crippen MR) is 97.8 cm³/mol. The maximum atomic E-state index is 12.0. The molecular formula is C17H14N4O3S. The van der Waals surface area contributed by atoms with Gasteiger partial charge in [0.2, 0.25) is 5.91 Å². The zero-order chi connectivity index (χ0) is 17.6. The number of benzene rings is 2. The van der Waals surface area contributed by atoms with E-state index in [1.807, 2.05) is 30.3 Å². The molecule has 1 saturated heterocycles. The average Bonchev–Trinajstić information content (AvgIpc) is 2.96. The molecule has 3 rings (SSSR count). The number of nitrogens with one attached hydrogen (secondary N) is 1. The van der Waals surface area contributed by atoms with Crippen molar-refractivity contribution in [1.29, 1.82) is 0 Å². The SMILES string of the molecule is O=C1N/C(=N\N=C/c2ccccc2)S[C@@H]1Cc1ccc([N+](=O)[O-])cc1. The molecule has 2 aromatic carbocycles. The Morgan fingerprint density at radius 2 is 1.88 bits per heavy atom. The summed E-state index contributed by atoms with van der Waals surface area (Å²) in [5, 5.41) is 21.5. The van der Waals surface area contributed by atoms with Crippen LogP contribution in [0.25, 0.3) is 0 Å². The van der Waals surface area contributed by atoms with Crippen molar-refractivity contribution in [3.63, 3.8) is 0 Å². The number of non-ortho nitro benzene ring substituents is 1. The van der Waals surface area contributed by atoms with Crippen LogP contribution in [-0.4, -0.2) is 27.5 Å². The Labute approximate surface area is 148 Å². The van der Waals surface area contributed by atoms with Gasteiger partial charge in [0, 0.05) is 12.1 Å². The molecule has 0 aromatic heterocycles. The highest BCUT2D eigenvalue weighted by Crippen LogP contribution is 2.24. The van der Waals surface area contributed by atoms with Gasteiger partial charge in [-0.15, -0.1) is 5.10 Å². The van der Waals surface area contributed by atoms with E-state index in [4.69, 9.17) is 0 Å². The Kier molecular flexibility index (Phi) is 5.20. The van der Waals surface area contributed by atoms with Crippen LogP contribution < -0.4 is 5.32 Å². The molecule has 0 radical (unpaired) electrons. The number of hydrogen-bond acceptors (Lipinski definition) is 6. The lowest BCUT2D eigenvalue weighted by atomic mass is 10.1. The molecule has 1 aliphatic rings. The molecule has 8 heteroatoms. The molecule has 25 heavy (non-hydrogen) atoms. The first-order valence-electron chi connectivity index (χ1n) is 7.49. The summed E-state index contributed by atoms with van der Waals surface area (Å²) < 4.78 is 0. The number of carbonyl (C=O) groups excluding carboxylic acids is 1. The van der Waals surface area contributed by atoms with Gasteiger partial charge in [0.1, 0.15) is 0 Å². The molecule has 126 valence electrons. The van der Waals surface area contributed by atoms with Gasteiger partial charge in [-0.25, -0.2) is 0 Å². The molecule has 1 fully saturated rings. The molecule has 1 N–H and O–H groups in total. The highest BCUT2D eigenvalue weighted by atomic mass is 32.2. The molecule has 1 aliphatic heterocycles. The van der Waals surface area contributed by atoms with Gasteiger partial charge in [-0.3, -0.25) is 14.9 Å². The zero-order valence-electron chi connectivity index (χ0n) is 13.0. The van der Waals surface area contributed by atoms with Crippen molar-refractivity contribution >= 4 is 34.7 Å². The van der Waals surface area contributed by atoms with E-state index in [9.17, 15) is 14.9 Å². The summed E-state index contributed by atoms with van der Waals surface area (Å²) in [6.07, 6.45) is 2.08. The first kappa shape index (κ1) is 16.8. The van der Waals surface area contributed by atoms with Crippen molar-refractivity contribution in [1.82, 2.24) is 5.32 Å². The Hall–Kier alpha value is -3.00. The lowest BCUT2D eigenvalue weighted by Gasteiger charge is -2.04. The number of nitro groups is 1. The Morgan fingerprint density at radius 1 is 1.16 bits per heavy atom. The molecule has 1 amide bonds. The quantitative estimate of drug-likeness (QED) is 0.507. The highest BCUT2D eigenvalue weighted by molar-refractivity contribution is 8.15. The number of nitro benzene ring substituents is 1. The van der Waals surface area contributed by atoms with Crippen molar-refractivity contribution in [2.75, 3.05) is 0 Å². The number of nitrogens with zero attached hydrogens (tertiary/aromatic N) is 3. The summed E-state index contributed by atoms with van der Waals surface area (Å²) in [4.78, 5) is 22.2. The van der Waals surface area contributed by atoms with Crippen LogP contribution in [0.5, 0.6) is 0 Å². The zero-order valence-corrected chi connectivity index (χ0v) is 13.8. The van der Waals surface area contributed by atoms with Gasteiger partial charge in [-0.05, 0) is 17.5 Å². The molecule has 1 atom stereocenters. The van der Waals surface area contributed by atoms with Crippen molar-refractivity contribution in [2.45, 2.75) is 11.7 Å². The third-order valence-corrected chi connectivity index (χ3v) is 4.57. The van der Waals surface area contributed by atoms with E-state index in [1.165, 1.54) is 23.9 Å². The molecule has 0 saturated carbocycles. The summed E-state index contributed by atoms with van der Waals surface area (Å²) >= 11 is 1.30. The number of amidine groups is 1. The molecule has 0 unspecified atom stereocenters. The fourth-order valence-electron chi connectivity index (χ4n) is 2.24. The van der Waals surface area contributed by atoms with Crippen LogP contribution in [0.4, 0.5) is 5.69 Å². The molecule has 0 bridgehead atoms. The largest absolute Gasteiger partial charge is 0.303 e. The first-order chi connectivity index (χ1) is 12.1. The van der Waals surface area contributed by atoms with Gasteiger partial charge in [-0.2, -0.15) is 5.10 Å². The van der Waals surface area contributed by atoms with E-state index in [0.717, 1.165) is 11.1 Å². The summed E-state index contributed by atoms with van der Waals surface area (Å²) in [5.41, 5.74) is 1.81. The second-order valence-electron chi connectivity index (χ2n) is 5.28. The third kappa shape index (κ3) is 4.51. The van der Waals surface area contributed by atoms with Crippen LogP contribution in [0, 0.1) is 10.1 Å². The predicted octanol–water partition coefficient (Wildman–Crippen LogP) is 2.76. The van der Waals surface area contributed by atoms with E-state index in [2.05, 4.69) is 15.5 Å². The fraction of sp³-hybridized carbons (Fsp3) is 0.118. The summed E-state index contributed by atoms with van der Waals surface area (Å²) in [5.74, 6) is -0.142. The van der Waals surface area contributed by atoms with Crippen molar-refractivity contribution in [3.8, 4) is 0 Å². The summed E-state index contributed by atoms with van der Waals surface area (Å²) in [6, 6.07) is 15.7. The molecule has 2 aromatic rings. The van der Waals surface area contributed by atoms with Gasteiger partial charge < -0.3 is 5.32 Å². The molecular weight excluding hydrogens is 340 g/mol. The summed E-state index contributed by atoms with van der Waals surface area (Å²) in [6.45, 7) is 0. The van der Waals surface area contributed by atoms with Gasteiger partial charge in [0.15, 0.2) is 5.17 Å². The topological polar surface area (TPSA) is 97.0 Å². The maximum absolute atomic E-state index is 12.0. The number of thioether (sulfide) groups is 1. The molecule has 0 spiro atoms. The second kappa shape index (κ2) is 7.71. The minimum Gasteiger partial charge on any atom is -0.303 e. The van der Waals surface area contributed by atoms with Crippen molar-refractivity contribution < 1.29 is 9.72 Å². The molecule has 0 aliphatic carbocycles. The number of rotatable bonds is 5. The van der Waals surface area contributed by atoms with E-state index < -0.39 is 4.92 Å². The number of amides is 1. The van der Waals surface area contributed by atoms with Gasteiger partial charge in [0.05, 0.1) is 16.4 Å². The second-order valence-corrected chi connectivity index (χ2v) is 6.48. The fourth-order valence-corrected chi connectivity index (χ4v) is 3.21. The first-order valence-corrected chi connectivity index (χ1v) is 8.37. The van der Waals surface area contributed by atoms with Crippen LogP contribution >= 0.6 is 11.8 Å². The lowest BCUT2D eigenvalue weighted by molar-refractivity contribution is -0.384. The van der Waals surface area contributed by atoms with Crippen LogP contribution in [0.15, 0.2) is 64.8 Å². The number of carbonyl (C=O) groups is 1. The van der Waals surface area contributed by atoms with Crippen molar-refractivity contribution in [2.24, 2.45) is 10.2 Å². The van der Waals surface area contributed by atoms with Crippen LogP contribution in [0.2, 0.25) is 0 Å². The smallest absolute Gasteiger partial charge is 0.269 e. The van der Waals surface area contributed by atoms with Gasteiger partial charge in [0.25, 0.3) is 5.69 Å². The van der Waals surface area contributed by atoms with E-state index in [-0.39, 0.29) is 16.8 Å². The molecule has 7 nitrogen and oxygen atoms in total. The minimum absolute atomic E-state index is 0.0322. The highest BCUT2D eigenvalue weighted by Gasteiger charge is 2.30. The van der Waals surface area contributed by atoms with Gasteiger partial charge in [-0.1, -0.05) is 54.2 Å². The normalized spacial score (nSPS) is 18.6. The van der Waals surface area contributed by atoms with Gasteiger partial charge >= 0.3 is 0 Å².